The van der Waals surface area contributed by atoms with Gasteiger partial charge in [0.1, 0.15) is 0 Å². The van der Waals surface area contributed by atoms with Gasteiger partial charge in [-0.2, -0.15) is 0 Å². The maximum absolute atomic E-state index is 13.2. The number of aromatic nitrogens is 1. The summed E-state index contributed by atoms with van der Waals surface area (Å²) in [6.45, 7) is 5.90. The van der Waals surface area contributed by atoms with E-state index in [0.717, 1.165) is 17.0 Å². The fourth-order valence-corrected chi connectivity index (χ4v) is 5.21. The summed E-state index contributed by atoms with van der Waals surface area (Å²) < 4.78 is 5.56. The van der Waals surface area contributed by atoms with Crippen molar-refractivity contribution in [3.05, 3.63) is 87.3 Å². The Labute approximate surface area is 214 Å². The van der Waals surface area contributed by atoms with Crippen LogP contribution in [0.15, 0.2) is 76.0 Å². The van der Waals surface area contributed by atoms with Crippen LogP contribution in [0.4, 0.5) is 0 Å². The minimum Gasteiger partial charge on any atom is -0.459 e. The lowest BCUT2D eigenvalue weighted by Gasteiger charge is -2.36. The molecule has 1 aromatic heterocycles. The van der Waals surface area contributed by atoms with Crippen LogP contribution in [0.3, 0.4) is 0 Å². The number of amides is 1. The first-order chi connectivity index (χ1) is 16.8. The Morgan fingerprint density at radius 3 is 2.69 bits per heavy atom. The summed E-state index contributed by atoms with van der Waals surface area (Å²) in [5, 5.41) is 6.10. The number of nitrogens with one attached hydrogen (secondary N) is 1. The maximum Gasteiger partial charge on any atom is 0.338 e. The highest BCUT2D eigenvalue weighted by atomic mass is 35.5. The minimum atomic E-state index is -0.551. The highest BCUT2D eigenvalue weighted by Gasteiger charge is 2.42. The van der Waals surface area contributed by atoms with Gasteiger partial charge in [0.05, 0.1) is 29.8 Å². The maximum atomic E-state index is 13.2. The molecule has 0 spiro atoms. The predicted octanol–water partition coefficient (Wildman–Crippen LogP) is 5.01. The number of rotatable bonds is 8. The van der Waals surface area contributed by atoms with E-state index in [-0.39, 0.29) is 18.4 Å². The van der Waals surface area contributed by atoms with Gasteiger partial charge in [-0.25, -0.2) is 9.79 Å². The van der Waals surface area contributed by atoms with Crippen molar-refractivity contribution < 1.29 is 14.3 Å². The molecule has 0 fully saturated rings. The SMILES string of the molecule is CC1=C(C(=O)OC(C)C)[C@H](c2ccccc2Cl)N2C(CC(=O)NCCc3ccccn3)=CSC2=N1. The number of ether oxygens (including phenoxy) is 1. The molecule has 182 valence electrons. The number of allylic oxidation sites excluding steroid dienone is 1. The first-order valence-corrected chi connectivity index (χ1v) is 12.7. The summed E-state index contributed by atoms with van der Waals surface area (Å²) in [5.41, 5.74) is 3.41. The molecule has 0 saturated carbocycles. The second-order valence-corrected chi connectivity index (χ2v) is 9.71. The third-order valence-electron chi connectivity index (χ3n) is 5.53. The minimum absolute atomic E-state index is 0.121. The third kappa shape index (κ3) is 5.77. The number of carbonyl (C=O) groups excluding carboxylic acids is 2. The summed E-state index contributed by atoms with van der Waals surface area (Å²) in [7, 11) is 0. The summed E-state index contributed by atoms with van der Waals surface area (Å²) >= 11 is 8.03. The molecule has 9 heteroatoms. The third-order valence-corrected chi connectivity index (χ3v) is 6.77. The molecule has 2 aliphatic rings. The van der Waals surface area contributed by atoms with Crippen LogP contribution in [-0.4, -0.2) is 39.6 Å². The summed E-state index contributed by atoms with van der Waals surface area (Å²) in [6, 6.07) is 12.6. The Morgan fingerprint density at radius 2 is 1.97 bits per heavy atom. The van der Waals surface area contributed by atoms with Gasteiger partial charge in [-0.05, 0) is 49.9 Å². The van der Waals surface area contributed by atoms with Crippen LogP contribution in [0.25, 0.3) is 0 Å². The number of amidine groups is 1. The van der Waals surface area contributed by atoms with E-state index in [1.54, 1.807) is 19.2 Å². The molecule has 7 nitrogen and oxygen atoms in total. The van der Waals surface area contributed by atoms with E-state index in [9.17, 15) is 9.59 Å². The van der Waals surface area contributed by atoms with E-state index in [4.69, 9.17) is 16.3 Å². The van der Waals surface area contributed by atoms with Crippen LogP contribution in [0, 0.1) is 0 Å². The van der Waals surface area contributed by atoms with Gasteiger partial charge in [0.2, 0.25) is 5.91 Å². The van der Waals surface area contributed by atoms with Crippen molar-refractivity contribution >= 4 is 40.4 Å². The zero-order valence-electron chi connectivity index (χ0n) is 19.8. The lowest BCUT2D eigenvalue weighted by atomic mass is 9.93. The zero-order chi connectivity index (χ0) is 24.9. The van der Waals surface area contributed by atoms with Crippen molar-refractivity contribution in [3.8, 4) is 0 Å². The smallest absolute Gasteiger partial charge is 0.338 e. The van der Waals surface area contributed by atoms with Gasteiger partial charge in [-0.15, -0.1) is 0 Å². The van der Waals surface area contributed by atoms with Crippen LogP contribution < -0.4 is 5.32 Å². The first kappa shape index (κ1) is 25.0. The fourth-order valence-electron chi connectivity index (χ4n) is 4.00. The highest BCUT2D eigenvalue weighted by Crippen LogP contribution is 2.46. The zero-order valence-corrected chi connectivity index (χ0v) is 21.4. The molecule has 2 aromatic rings. The van der Waals surface area contributed by atoms with E-state index >= 15 is 0 Å². The van der Waals surface area contributed by atoms with Crippen molar-refractivity contribution in [3.63, 3.8) is 0 Å². The Balaban J connectivity index is 1.57. The van der Waals surface area contributed by atoms with E-state index < -0.39 is 12.0 Å². The van der Waals surface area contributed by atoms with Crippen molar-refractivity contribution in [2.45, 2.75) is 45.8 Å². The van der Waals surface area contributed by atoms with E-state index in [2.05, 4.69) is 15.3 Å². The molecule has 4 rings (SSSR count). The van der Waals surface area contributed by atoms with Gasteiger partial charge >= 0.3 is 5.97 Å². The number of fused-ring (bicyclic) bond motifs is 1. The molecule has 1 amide bonds. The van der Waals surface area contributed by atoms with Crippen LogP contribution in [0.2, 0.25) is 5.02 Å². The number of hydrogen-bond donors (Lipinski definition) is 1. The van der Waals surface area contributed by atoms with Crippen molar-refractivity contribution in [2.24, 2.45) is 4.99 Å². The number of benzene rings is 1. The predicted molar refractivity (Wildman–Crippen MR) is 139 cm³/mol. The quantitative estimate of drug-likeness (QED) is 0.502. The summed E-state index contributed by atoms with van der Waals surface area (Å²) in [4.78, 5) is 36.9. The monoisotopic (exact) mass is 510 g/mol. The van der Waals surface area contributed by atoms with Crippen LogP contribution in [-0.2, 0) is 20.7 Å². The number of pyridine rings is 1. The first-order valence-electron chi connectivity index (χ1n) is 11.4. The number of carbonyl (C=O) groups is 2. The molecule has 0 saturated heterocycles. The molecule has 35 heavy (non-hydrogen) atoms. The molecular formula is C26H27ClN4O3S. The van der Waals surface area contributed by atoms with Crippen LogP contribution >= 0.6 is 23.4 Å². The van der Waals surface area contributed by atoms with Crippen LogP contribution in [0.1, 0.15) is 44.5 Å². The van der Waals surface area contributed by atoms with Gasteiger partial charge in [-0.3, -0.25) is 9.78 Å². The molecule has 2 aliphatic heterocycles. The number of esters is 1. The topological polar surface area (TPSA) is 83.9 Å². The van der Waals surface area contributed by atoms with E-state index in [0.29, 0.717) is 34.4 Å². The van der Waals surface area contributed by atoms with Crippen molar-refractivity contribution in [1.29, 1.82) is 0 Å². The Kier molecular flexibility index (Phi) is 7.93. The van der Waals surface area contributed by atoms with Gasteiger partial charge < -0.3 is 15.0 Å². The Hall–Kier alpha value is -3.10. The molecule has 3 heterocycles. The van der Waals surface area contributed by atoms with Gasteiger partial charge in [0.15, 0.2) is 5.17 Å². The number of hydrogen-bond acceptors (Lipinski definition) is 7. The van der Waals surface area contributed by atoms with E-state index in [1.807, 2.05) is 60.6 Å². The van der Waals surface area contributed by atoms with Crippen molar-refractivity contribution in [2.75, 3.05) is 6.54 Å². The lowest BCUT2D eigenvalue weighted by Crippen LogP contribution is -2.38. The van der Waals surface area contributed by atoms with Crippen LogP contribution in [0.5, 0.6) is 0 Å². The molecule has 0 unspecified atom stereocenters. The Morgan fingerprint density at radius 1 is 1.20 bits per heavy atom. The number of halogens is 1. The summed E-state index contributed by atoms with van der Waals surface area (Å²) in [5.74, 6) is -0.564. The molecule has 1 aromatic carbocycles. The second kappa shape index (κ2) is 11.1. The molecule has 1 atom stereocenters. The number of nitrogens with zero attached hydrogens (tertiary/aromatic N) is 3. The Bertz CT molecular complexity index is 1210. The largest absolute Gasteiger partial charge is 0.459 e. The van der Waals surface area contributed by atoms with Crippen molar-refractivity contribution in [1.82, 2.24) is 15.2 Å². The fraction of sp³-hybridized carbons (Fsp3) is 0.308. The standard InChI is InChI=1S/C26H27ClN4O3S/c1-16(2)34-25(33)23-17(3)30-26-31(24(23)20-9-4-5-10-21(20)27)19(15-35-26)14-22(32)29-13-11-18-8-6-7-12-28-18/h4-10,12,15-16,24H,11,13-14H2,1-3H3,(H,29,32)/t24-/m0/s1. The molecule has 0 radical (unpaired) electrons. The highest BCUT2D eigenvalue weighted by molar-refractivity contribution is 8.16. The number of aliphatic imine (C=N–C) groups is 1. The van der Waals surface area contributed by atoms with Gasteiger partial charge in [0, 0.05) is 35.6 Å². The average Bonchev–Trinajstić information content (AvgIpc) is 3.20. The number of thioether (sulfide) groups is 1. The summed E-state index contributed by atoms with van der Waals surface area (Å²) in [6.07, 6.45) is 2.24. The molecular weight excluding hydrogens is 484 g/mol. The molecule has 0 bridgehead atoms. The lowest BCUT2D eigenvalue weighted by molar-refractivity contribution is -0.143. The second-order valence-electron chi connectivity index (χ2n) is 8.47. The molecule has 0 aliphatic carbocycles. The molecule has 1 N–H and O–H groups in total. The average molecular weight is 511 g/mol. The van der Waals surface area contributed by atoms with E-state index in [1.165, 1.54) is 11.8 Å². The van der Waals surface area contributed by atoms with Gasteiger partial charge in [0.25, 0.3) is 0 Å². The van der Waals surface area contributed by atoms with Gasteiger partial charge in [-0.1, -0.05) is 47.6 Å². The normalized spacial score (nSPS) is 17.2.